The summed E-state index contributed by atoms with van der Waals surface area (Å²) in [5.41, 5.74) is 5.60. The third kappa shape index (κ3) is 4.10. The quantitative estimate of drug-likeness (QED) is 0.692. The van der Waals surface area contributed by atoms with E-state index >= 15 is 0 Å². The SMILES string of the molecule is CC(C)C(CN)C(=O)NCCN1CCCC1. The maximum atomic E-state index is 11.8. The van der Waals surface area contributed by atoms with Crippen molar-refractivity contribution >= 4 is 5.91 Å². The lowest BCUT2D eigenvalue weighted by Crippen LogP contribution is -2.41. The Morgan fingerprint density at radius 3 is 2.50 bits per heavy atom. The lowest BCUT2D eigenvalue weighted by Gasteiger charge is -2.20. The van der Waals surface area contributed by atoms with Crippen LogP contribution in [0, 0.1) is 11.8 Å². The van der Waals surface area contributed by atoms with Gasteiger partial charge in [-0.25, -0.2) is 0 Å². The largest absolute Gasteiger partial charge is 0.355 e. The van der Waals surface area contributed by atoms with Gasteiger partial charge in [0.05, 0.1) is 5.92 Å². The van der Waals surface area contributed by atoms with Crippen LogP contribution >= 0.6 is 0 Å². The van der Waals surface area contributed by atoms with Gasteiger partial charge in [-0.2, -0.15) is 0 Å². The zero-order valence-corrected chi connectivity index (χ0v) is 10.5. The first-order chi connectivity index (χ1) is 7.65. The molecule has 0 aliphatic carbocycles. The lowest BCUT2D eigenvalue weighted by molar-refractivity contribution is -0.125. The van der Waals surface area contributed by atoms with Crippen LogP contribution in [0.3, 0.4) is 0 Å². The van der Waals surface area contributed by atoms with Gasteiger partial charge in [-0.15, -0.1) is 0 Å². The number of likely N-dealkylation sites (tertiary alicyclic amines) is 1. The second-order valence-electron chi connectivity index (χ2n) is 4.93. The van der Waals surface area contributed by atoms with Crippen molar-refractivity contribution in [2.75, 3.05) is 32.7 Å². The van der Waals surface area contributed by atoms with Crippen LogP contribution in [0.2, 0.25) is 0 Å². The summed E-state index contributed by atoms with van der Waals surface area (Å²) < 4.78 is 0. The number of rotatable bonds is 6. The fraction of sp³-hybridized carbons (Fsp3) is 0.917. The summed E-state index contributed by atoms with van der Waals surface area (Å²) in [5, 5.41) is 2.98. The Morgan fingerprint density at radius 1 is 1.38 bits per heavy atom. The second-order valence-corrected chi connectivity index (χ2v) is 4.93. The summed E-state index contributed by atoms with van der Waals surface area (Å²) >= 11 is 0. The molecule has 16 heavy (non-hydrogen) atoms. The van der Waals surface area contributed by atoms with Gasteiger partial charge in [0.1, 0.15) is 0 Å². The number of amides is 1. The van der Waals surface area contributed by atoms with Crippen molar-refractivity contribution in [2.24, 2.45) is 17.6 Å². The van der Waals surface area contributed by atoms with E-state index in [0.717, 1.165) is 13.1 Å². The molecule has 1 aliphatic rings. The number of hydrogen-bond donors (Lipinski definition) is 2. The molecule has 94 valence electrons. The Balaban J connectivity index is 2.17. The minimum atomic E-state index is -0.0430. The van der Waals surface area contributed by atoms with E-state index in [1.54, 1.807) is 0 Å². The molecule has 1 saturated heterocycles. The molecule has 0 spiro atoms. The number of carbonyl (C=O) groups is 1. The van der Waals surface area contributed by atoms with E-state index in [0.29, 0.717) is 12.5 Å². The number of hydrogen-bond acceptors (Lipinski definition) is 3. The van der Waals surface area contributed by atoms with E-state index in [1.165, 1.54) is 25.9 Å². The monoisotopic (exact) mass is 227 g/mol. The third-order valence-corrected chi connectivity index (χ3v) is 3.32. The molecule has 4 heteroatoms. The smallest absolute Gasteiger partial charge is 0.224 e. The molecule has 1 amide bonds. The van der Waals surface area contributed by atoms with E-state index in [-0.39, 0.29) is 11.8 Å². The summed E-state index contributed by atoms with van der Waals surface area (Å²) in [5.74, 6) is 0.382. The molecular formula is C12H25N3O. The second kappa shape index (κ2) is 6.86. The summed E-state index contributed by atoms with van der Waals surface area (Å²) in [6.45, 7) is 8.60. The molecule has 0 radical (unpaired) electrons. The zero-order chi connectivity index (χ0) is 12.0. The molecule has 0 aromatic rings. The molecular weight excluding hydrogens is 202 g/mol. The zero-order valence-electron chi connectivity index (χ0n) is 10.5. The average Bonchev–Trinajstić information content (AvgIpc) is 2.71. The minimum Gasteiger partial charge on any atom is -0.355 e. The van der Waals surface area contributed by atoms with Crippen molar-refractivity contribution in [1.29, 1.82) is 0 Å². The van der Waals surface area contributed by atoms with Crippen LogP contribution in [0.1, 0.15) is 26.7 Å². The van der Waals surface area contributed by atoms with Gasteiger partial charge in [0.25, 0.3) is 0 Å². The normalized spacial score (nSPS) is 19.0. The minimum absolute atomic E-state index is 0.0430. The predicted molar refractivity (Wildman–Crippen MR) is 66.1 cm³/mol. The van der Waals surface area contributed by atoms with Crippen molar-refractivity contribution in [2.45, 2.75) is 26.7 Å². The summed E-state index contributed by atoms with van der Waals surface area (Å²) in [6.07, 6.45) is 2.59. The highest BCUT2D eigenvalue weighted by atomic mass is 16.1. The molecule has 3 N–H and O–H groups in total. The van der Waals surface area contributed by atoms with Crippen LogP contribution in [0.5, 0.6) is 0 Å². The maximum Gasteiger partial charge on any atom is 0.224 e. The van der Waals surface area contributed by atoms with Crippen LogP contribution in [-0.2, 0) is 4.79 Å². The molecule has 0 aromatic heterocycles. The first-order valence-electron chi connectivity index (χ1n) is 6.35. The van der Waals surface area contributed by atoms with Gasteiger partial charge in [-0.1, -0.05) is 13.8 Å². The van der Waals surface area contributed by atoms with Crippen molar-refractivity contribution in [1.82, 2.24) is 10.2 Å². The predicted octanol–water partition coefficient (Wildman–Crippen LogP) is 0.429. The molecule has 1 aliphatic heterocycles. The first kappa shape index (κ1) is 13.5. The standard InChI is InChI=1S/C12H25N3O/c1-10(2)11(9-13)12(16)14-5-8-15-6-3-4-7-15/h10-11H,3-9,13H2,1-2H3,(H,14,16). The van der Waals surface area contributed by atoms with Crippen LogP contribution in [-0.4, -0.2) is 43.5 Å². The number of nitrogens with zero attached hydrogens (tertiary/aromatic N) is 1. The molecule has 1 rings (SSSR count). The number of nitrogens with one attached hydrogen (secondary N) is 1. The van der Waals surface area contributed by atoms with Crippen molar-refractivity contribution in [3.05, 3.63) is 0 Å². The van der Waals surface area contributed by atoms with E-state index in [9.17, 15) is 4.79 Å². The van der Waals surface area contributed by atoms with E-state index in [1.807, 2.05) is 13.8 Å². The molecule has 1 unspecified atom stereocenters. The van der Waals surface area contributed by atoms with Crippen LogP contribution in [0.25, 0.3) is 0 Å². The van der Waals surface area contributed by atoms with E-state index in [4.69, 9.17) is 5.73 Å². The molecule has 1 fully saturated rings. The van der Waals surface area contributed by atoms with Crippen molar-refractivity contribution in [3.63, 3.8) is 0 Å². The van der Waals surface area contributed by atoms with Gasteiger partial charge in [0, 0.05) is 19.6 Å². The molecule has 0 bridgehead atoms. The van der Waals surface area contributed by atoms with Gasteiger partial charge in [-0.3, -0.25) is 4.79 Å². The Bertz CT molecular complexity index is 212. The van der Waals surface area contributed by atoms with Gasteiger partial charge >= 0.3 is 0 Å². The molecule has 0 aromatic carbocycles. The van der Waals surface area contributed by atoms with Crippen LogP contribution < -0.4 is 11.1 Å². The van der Waals surface area contributed by atoms with E-state index < -0.39 is 0 Å². The molecule has 1 atom stereocenters. The maximum absolute atomic E-state index is 11.8. The highest BCUT2D eigenvalue weighted by Crippen LogP contribution is 2.09. The van der Waals surface area contributed by atoms with Crippen molar-refractivity contribution < 1.29 is 4.79 Å². The third-order valence-electron chi connectivity index (χ3n) is 3.32. The molecule has 1 heterocycles. The number of nitrogens with two attached hydrogens (primary N) is 1. The van der Waals surface area contributed by atoms with Gasteiger partial charge < -0.3 is 16.0 Å². The summed E-state index contributed by atoms with van der Waals surface area (Å²) in [4.78, 5) is 14.2. The Kier molecular flexibility index (Phi) is 5.77. The topological polar surface area (TPSA) is 58.4 Å². The van der Waals surface area contributed by atoms with E-state index in [2.05, 4.69) is 10.2 Å². The molecule has 4 nitrogen and oxygen atoms in total. The van der Waals surface area contributed by atoms with Gasteiger partial charge in [0.2, 0.25) is 5.91 Å². The number of carbonyl (C=O) groups excluding carboxylic acids is 1. The fourth-order valence-electron chi connectivity index (χ4n) is 2.16. The Labute approximate surface area is 98.6 Å². The van der Waals surface area contributed by atoms with Crippen LogP contribution in [0.4, 0.5) is 0 Å². The average molecular weight is 227 g/mol. The van der Waals surface area contributed by atoms with Gasteiger partial charge in [-0.05, 0) is 31.8 Å². The molecule has 0 saturated carbocycles. The highest BCUT2D eigenvalue weighted by molar-refractivity contribution is 5.79. The summed E-state index contributed by atoms with van der Waals surface area (Å²) in [7, 11) is 0. The van der Waals surface area contributed by atoms with Gasteiger partial charge in [0.15, 0.2) is 0 Å². The van der Waals surface area contributed by atoms with Crippen LogP contribution in [0.15, 0.2) is 0 Å². The first-order valence-corrected chi connectivity index (χ1v) is 6.35. The lowest BCUT2D eigenvalue weighted by atomic mass is 9.95. The van der Waals surface area contributed by atoms with Crippen molar-refractivity contribution in [3.8, 4) is 0 Å². The fourth-order valence-corrected chi connectivity index (χ4v) is 2.16. The summed E-state index contributed by atoms with van der Waals surface area (Å²) in [6, 6.07) is 0. The Morgan fingerprint density at radius 2 is 2.00 bits per heavy atom. The Hall–Kier alpha value is -0.610. The highest BCUT2D eigenvalue weighted by Gasteiger charge is 2.20.